The monoisotopic (exact) mass is 293 g/mol. The van der Waals surface area contributed by atoms with Gasteiger partial charge in [0.05, 0.1) is 5.52 Å². The van der Waals surface area contributed by atoms with Crippen molar-refractivity contribution in [1.29, 1.82) is 0 Å². The van der Waals surface area contributed by atoms with Crippen LogP contribution in [0.1, 0.15) is 20.8 Å². The predicted molar refractivity (Wildman–Crippen MR) is 89.0 cm³/mol. The Labute approximate surface area is 130 Å². The van der Waals surface area contributed by atoms with Crippen molar-refractivity contribution >= 4 is 17.0 Å². The number of rotatable bonds is 1. The third-order valence-electron chi connectivity index (χ3n) is 3.41. The molecule has 3 heteroatoms. The van der Waals surface area contributed by atoms with Gasteiger partial charge in [-0.2, -0.15) is 0 Å². The van der Waals surface area contributed by atoms with E-state index in [9.17, 15) is 4.79 Å². The van der Waals surface area contributed by atoms with Crippen molar-refractivity contribution < 1.29 is 9.53 Å². The van der Waals surface area contributed by atoms with Crippen molar-refractivity contribution in [3.63, 3.8) is 0 Å². The first-order valence-corrected chi connectivity index (χ1v) is 7.34. The highest BCUT2D eigenvalue weighted by atomic mass is 16.6. The maximum atomic E-state index is 12.3. The molecule has 3 aromatic rings. The molecule has 0 spiro atoms. The second-order valence-corrected chi connectivity index (χ2v) is 6.27. The molecule has 0 saturated heterocycles. The SMILES string of the molecule is CC(C)(C)OC(=O)n1ccc2c(-c3ccccc3)cccc21. The molecule has 3 rings (SSSR count). The van der Waals surface area contributed by atoms with Gasteiger partial charge in [-0.3, -0.25) is 4.57 Å². The molecule has 0 amide bonds. The van der Waals surface area contributed by atoms with Gasteiger partial charge in [0.15, 0.2) is 0 Å². The van der Waals surface area contributed by atoms with Gasteiger partial charge in [0.2, 0.25) is 0 Å². The second-order valence-electron chi connectivity index (χ2n) is 6.27. The Bertz CT molecular complexity index is 810. The molecule has 0 aliphatic carbocycles. The van der Waals surface area contributed by atoms with Gasteiger partial charge >= 0.3 is 6.09 Å². The lowest BCUT2D eigenvalue weighted by atomic mass is 10.0. The Morgan fingerprint density at radius 1 is 0.955 bits per heavy atom. The highest BCUT2D eigenvalue weighted by Crippen LogP contribution is 2.29. The summed E-state index contributed by atoms with van der Waals surface area (Å²) in [7, 11) is 0. The van der Waals surface area contributed by atoms with Gasteiger partial charge in [0.1, 0.15) is 5.60 Å². The van der Waals surface area contributed by atoms with E-state index in [1.807, 2.05) is 57.2 Å². The lowest BCUT2D eigenvalue weighted by molar-refractivity contribution is 0.0544. The molecule has 1 heterocycles. The van der Waals surface area contributed by atoms with E-state index in [0.29, 0.717) is 0 Å². The van der Waals surface area contributed by atoms with Crippen molar-refractivity contribution in [3.05, 3.63) is 60.8 Å². The molecule has 22 heavy (non-hydrogen) atoms. The average molecular weight is 293 g/mol. The Kier molecular flexibility index (Phi) is 3.49. The highest BCUT2D eigenvalue weighted by Gasteiger charge is 2.19. The zero-order chi connectivity index (χ0) is 15.7. The number of carbonyl (C=O) groups is 1. The lowest BCUT2D eigenvalue weighted by Crippen LogP contribution is -2.26. The first-order valence-electron chi connectivity index (χ1n) is 7.34. The van der Waals surface area contributed by atoms with Gasteiger partial charge < -0.3 is 4.74 Å². The quantitative estimate of drug-likeness (QED) is 0.625. The molecule has 3 nitrogen and oxygen atoms in total. The fourth-order valence-corrected chi connectivity index (χ4v) is 2.51. The molecule has 0 unspecified atom stereocenters. The standard InChI is InChI=1S/C19H19NO2/c1-19(2,3)22-18(21)20-13-12-16-15(10-7-11-17(16)20)14-8-5-4-6-9-14/h4-13H,1-3H3. The molecular weight excluding hydrogens is 274 g/mol. The van der Waals surface area contributed by atoms with Gasteiger partial charge in [-0.05, 0) is 44.0 Å². The summed E-state index contributed by atoms with van der Waals surface area (Å²) in [5, 5.41) is 1.04. The van der Waals surface area contributed by atoms with Gasteiger partial charge in [0, 0.05) is 11.6 Å². The van der Waals surface area contributed by atoms with E-state index in [4.69, 9.17) is 4.74 Å². The molecular formula is C19H19NO2. The van der Waals surface area contributed by atoms with E-state index < -0.39 is 5.60 Å². The molecule has 0 bridgehead atoms. The number of aromatic nitrogens is 1. The average Bonchev–Trinajstić information content (AvgIpc) is 2.90. The fraction of sp³-hybridized carbons (Fsp3) is 0.211. The zero-order valence-corrected chi connectivity index (χ0v) is 13.0. The van der Waals surface area contributed by atoms with Crippen LogP contribution < -0.4 is 0 Å². The van der Waals surface area contributed by atoms with Crippen LogP contribution in [0, 0.1) is 0 Å². The minimum absolute atomic E-state index is 0.354. The first kappa shape index (κ1) is 14.4. The molecule has 0 fully saturated rings. The van der Waals surface area contributed by atoms with Crippen LogP contribution in [0.2, 0.25) is 0 Å². The Morgan fingerprint density at radius 2 is 1.68 bits per heavy atom. The maximum absolute atomic E-state index is 12.3. The summed E-state index contributed by atoms with van der Waals surface area (Å²) in [5.41, 5.74) is 2.59. The predicted octanol–water partition coefficient (Wildman–Crippen LogP) is 5.09. The van der Waals surface area contributed by atoms with Gasteiger partial charge in [0.25, 0.3) is 0 Å². The van der Waals surface area contributed by atoms with Crippen molar-refractivity contribution in [3.8, 4) is 11.1 Å². The Hall–Kier alpha value is -2.55. The molecule has 0 atom stereocenters. The minimum atomic E-state index is -0.509. The minimum Gasteiger partial charge on any atom is -0.443 e. The summed E-state index contributed by atoms with van der Waals surface area (Å²) in [6.45, 7) is 5.60. The van der Waals surface area contributed by atoms with Crippen molar-refractivity contribution in [2.75, 3.05) is 0 Å². The molecule has 0 radical (unpaired) electrons. The van der Waals surface area contributed by atoms with Gasteiger partial charge in [-0.15, -0.1) is 0 Å². The normalized spacial score (nSPS) is 11.6. The topological polar surface area (TPSA) is 31.2 Å². The van der Waals surface area contributed by atoms with Crippen molar-refractivity contribution in [2.45, 2.75) is 26.4 Å². The van der Waals surface area contributed by atoms with Crippen LogP contribution in [0.3, 0.4) is 0 Å². The summed E-state index contributed by atoms with van der Waals surface area (Å²) < 4.78 is 7.02. The summed E-state index contributed by atoms with van der Waals surface area (Å²) in [6.07, 6.45) is 1.42. The van der Waals surface area contributed by atoms with Crippen LogP contribution in [0.15, 0.2) is 60.8 Å². The molecule has 0 saturated carbocycles. The molecule has 112 valence electrons. The van der Waals surface area contributed by atoms with E-state index in [-0.39, 0.29) is 6.09 Å². The number of ether oxygens (including phenoxy) is 1. The summed E-state index contributed by atoms with van der Waals surface area (Å²) in [6, 6.07) is 18.1. The van der Waals surface area contributed by atoms with Crippen LogP contribution >= 0.6 is 0 Å². The van der Waals surface area contributed by atoms with Crippen LogP contribution in [-0.4, -0.2) is 16.3 Å². The molecule has 0 aliphatic heterocycles. The van der Waals surface area contributed by atoms with Gasteiger partial charge in [-0.1, -0.05) is 42.5 Å². The second kappa shape index (κ2) is 5.34. The van der Waals surface area contributed by atoms with Crippen LogP contribution in [0.5, 0.6) is 0 Å². The Balaban J connectivity index is 2.08. The third kappa shape index (κ3) is 2.75. The maximum Gasteiger partial charge on any atom is 0.418 e. The smallest absolute Gasteiger partial charge is 0.418 e. The van der Waals surface area contributed by atoms with E-state index >= 15 is 0 Å². The number of benzene rings is 2. The summed E-state index contributed by atoms with van der Waals surface area (Å²) in [4.78, 5) is 12.3. The summed E-state index contributed by atoms with van der Waals surface area (Å²) in [5.74, 6) is 0. The van der Waals surface area contributed by atoms with Crippen molar-refractivity contribution in [1.82, 2.24) is 4.57 Å². The van der Waals surface area contributed by atoms with E-state index in [2.05, 4.69) is 18.2 Å². The van der Waals surface area contributed by atoms with E-state index in [0.717, 1.165) is 22.0 Å². The first-order chi connectivity index (χ1) is 10.5. The van der Waals surface area contributed by atoms with E-state index in [1.54, 1.807) is 10.8 Å². The zero-order valence-electron chi connectivity index (χ0n) is 13.0. The molecule has 0 aliphatic rings. The molecule has 2 aromatic carbocycles. The van der Waals surface area contributed by atoms with Crippen LogP contribution in [0.4, 0.5) is 4.79 Å². The van der Waals surface area contributed by atoms with E-state index in [1.165, 1.54) is 0 Å². The molecule has 0 N–H and O–H groups in total. The van der Waals surface area contributed by atoms with Gasteiger partial charge in [-0.25, -0.2) is 4.79 Å². The number of carbonyl (C=O) groups excluding carboxylic acids is 1. The van der Waals surface area contributed by atoms with Crippen LogP contribution in [-0.2, 0) is 4.74 Å². The number of hydrogen-bond donors (Lipinski definition) is 0. The largest absolute Gasteiger partial charge is 0.443 e. The molecule has 1 aromatic heterocycles. The number of fused-ring (bicyclic) bond motifs is 1. The number of nitrogens with zero attached hydrogens (tertiary/aromatic N) is 1. The number of hydrogen-bond acceptors (Lipinski definition) is 2. The van der Waals surface area contributed by atoms with Crippen molar-refractivity contribution in [2.24, 2.45) is 0 Å². The highest BCUT2D eigenvalue weighted by molar-refractivity contribution is 5.99. The van der Waals surface area contributed by atoms with Crippen LogP contribution in [0.25, 0.3) is 22.0 Å². The summed E-state index contributed by atoms with van der Waals surface area (Å²) >= 11 is 0. The lowest BCUT2D eigenvalue weighted by Gasteiger charge is -2.19. The Morgan fingerprint density at radius 3 is 2.36 bits per heavy atom. The fourth-order valence-electron chi connectivity index (χ4n) is 2.51. The third-order valence-corrected chi connectivity index (χ3v) is 3.41.